The lowest BCUT2D eigenvalue weighted by molar-refractivity contribution is -0.138. The fraction of sp³-hybridized carbons (Fsp3) is 0.857. The lowest BCUT2D eigenvalue weighted by Gasteiger charge is -2.27. The van der Waals surface area contributed by atoms with Gasteiger partial charge in [0.15, 0.2) is 0 Å². The third-order valence-electron chi connectivity index (χ3n) is 3.17. The molecule has 0 rings (SSSR count). The molecular weight excluding hydrogens is 244 g/mol. The number of aliphatic carboxylic acids is 1. The summed E-state index contributed by atoms with van der Waals surface area (Å²) >= 11 is 0. The van der Waals surface area contributed by atoms with Gasteiger partial charge in [-0.25, -0.2) is 0 Å². The number of carboxylic acids is 1. The number of carboxylic acid groups (broad SMARTS) is 1. The summed E-state index contributed by atoms with van der Waals surface area (Å²) in [7, 11) is 0. The van der Waals surface area contributed by atoms with Crippen LogP contribution in [0.5, 0.6) is 0 Å². The van der Waals surface area contributed by atoms with E-state index in [2.05, 4.69) is 5.32 Å². The van der Waals surface area contributed by atoms with Crippen LogP contribution < -0.4 is 11.1 Å². The van der Waals surface area contributed by atoms with Crippen molar-refractivity contribution in [3.8, 4) is 0 Å². The molecule has 2 atom stereocenters. The van der Waals surface area contributed by atoms with Gasteiger partial charge < -0.3 is 16.2 Å². The van der Waals surface area contributed by atoms with Gasteiger partial charge in [-0.05, 0) is 40.0 Å². The molecule has 0 bridgehead atoms. The fourth-order valence-corrected chi connectivity index (χ4v) is 1.82. The van der Waals surface area contributed by atoms with Crippen molar-refractivity contribution < 1.29 is 14.7 Å². The van der Waals surface area contributed by atoms with Crippen LogP contribution >= 0.6 is 0 Å². The molecule has 0 radical (unpaired) electrons. The topological polar surface area (TPSA) is 92.4 Å². The van der Waals surface area contributed by atoms with E-state index < -0.39 is 11.5 Å². The highest BCUT2D eigenvalue weighted by Gasteiger charge is 2.24. The maximum Gasteiger partial charge on any atom is 0.303 e. The summed E-state index contributed by atoms with van der Waals surface area (Å²) < 4.78 is 0. The number of hydrogen-bond donors (Lipinski definition) is 3. The maximum atomic E-state index is 12.0. The first-order valence-electron chi connectivity index (χ1n) is 6.93. The van der Waals surface area contributed by atoms with Crippen molar-refractivity contribution in [2.45, 2.75) is 71.4 Å². The average molecular weight is 272 g/mol. The Kier molecular flexibility index (Phi) is 7.68. The van der Waals surface area contributed by atoms with Crippen LogP contribution in [0.1, 0.15) is 59.8 Å². The van der Waals surface area contributed by atoms with Gasteiger partial charge in [-0.15, -0.1) is 0 Å². The van der Waals surface area contributed by atoms with Crippen molar-refractivity contribution in [3.63, 3.8) is 0 Å². The molecule has 112 valence electrons. The molecule has 0 fully saturated rings. The van der Waals surface area contributed by atoms with Crippen molar-refractivity contribution in [1.29, 1.82) is 0 Å². The molecule has 0 aliphatic rings. The second-order valence-corrected chi connectivity index (χ2v) is 6.08. The van der Waals surface area contributed by atoms with E-state index in [1.807, 2.05) is 27.7 Å². The van der Waals surface area contributed by atoms with Gasteiger partial charge >= 0.3 is 5.97 Å². The minimum absolute atomic E-state index is 0.0138. The van der Waals surface area contributed by atoms with Crippen LogP contribution in [0.15, 0.2) is 0 Å². The second kappa shape index (κ2) is 8.15. The zero-order valence-corrected chi connectivity index (χ0v) is 12.5. The number of nitrogens with one attached hydrogen (secondary N) is 1. The van der Waals surface area contributed by atoms with E-state index in [4.69, 9.17) is 10.8 Å². The SMILES string of the molecule is CC(N)CCCC(C)C(=O)NC(C)(C)CCC(=O)O. The fourth-order valence-electron chi connectivity index (χ4n) is 1.82. The van der Waals surface area contributed by atoms with Crippen LogP contribution in [0.2, 0.25) is 0 Å². The Morgan fingerprint density at radius 3 is 2.32 bits per heavy atom. The maximum absolute atomic E-state index is 12.0. The third-order valence-corrected chi connectivity index (χ3v) is 3.17. The van der Waals surface area contributed by atoms with Gasteiger partial charge in [0.05, 0.1) is 0 Å². The standard InChI is InChI=1S/C14H28N2O3/c1-10(6-5-7-11(2)15)13(19)16-14(3,4)9-8-12(17)18/h10-11H,5-9,15H2,1-4H3,(H,16,19)(H,17,18). The second-order valence-electron chi connectivity index (χ2n) is 6.08. The number of carbonyl (C=O) groups is 2. The predicted octanol–water partition coefficient (Wildman–Crippen LogP) is 1.90. The number of amides is 1. The molecular formula is C14H28N2O3. The lowest BCUT2D eigenvalue weighted by Crippen LogP contribution is -2.46. The molecule has 0 aliphatic heterocycles. The number of rotatable bonds is 9. The van der Waals surface area contributed by atoms with Crippen molar-refractivity contribution in [3.05, 3.63) is 0 Å². The van der Waals surface area contributed by atoms with E-state index >= 15 is 0 Å². The van der Waals surface area contributed by atoms with Gasteiger partial charge in [-0.2, -0.15) is 0 Å². The molecule has 0 aromatic carbocycles. The molecule has 4 N–H and O–H groups in total. The van der Waals surface area contributed by atoms with Gasteiger partial charge in [0.2, 0.25) is 5.91 Å². The van der Waals surface area contributed by atoms with Crippen molar-refractivity contribution in [2.75, 3.05) is 0 Å². The van der Waals surface area contributed by atoms with Crippen molar-refractivity contribution in [1.82, 2.24) is 5.32 Å². The minimum Gasteiger partial charge on any atom is -0.481 e. The minimum atomic E-state index is -0.840. The van der Waals surface area contributed by atoms with Gasteiger partial charge in [-0.3, -0.25) is 9.59 Å². The summed E-state index contributed by atoms with van der Waals surface area (Å²) in [4.78, 5) is 22.5. The smallest absolute Gasteiger partial charge is 0.303 e. The van der Waals surface area contributed by atoms with E-state index in [-0.39, 0.29) is 24.3 Å². The number of nitrogens with two attached hydrogens (primary N) is 1. The highest BCUT2D eigenvalue weighted by molar-refractivity contribution is 5.79. The summed E-state index contributed by atoms with van der Waals surface area (Å²) in [6.45, 7) is 7.55. The number of carbonyl (C=O) groups excluding carboxylic acids is 1. The Hall–Kier alpha value is -1.10. The Bertz CT molecular complexity index is 301. The Balaban J connectivity index is 4.08. The molecule has 19 heavy (non-hydrogen) atoms. The van der Waals surface area contributed by atoms with Crippen molar-refractivity contribution in [2.24, 2.45) is 11.7 Å². The van der Waals surface area contributed by atoms with Gasteiger partial charge in [0.25, 0.3) is 0 Å². The molecule has 0 saturated heterocycles. The van der Waals surface area contributed by atoms with E-state index in [1.54, 1.807) is 0 Å². The zero-order valence-electron chi connectivity index (χ0n) is 12.5. The highest BCUT2D eigenvalue weighted by Crippen LogP contribution is 2.15. The normalized spacial score (nSPS) is 14.8. The van der Waals surface area contributed by atoms with Crippen LogP contribution in [-0.2, 0) is 9.59 Å². The zero-order chi connectivity index (χ0) is 15.1. The van der Waals surface area contributed by atoms with Crippen LogP contribution in [0.25, 0.3) is 0 Å². The lowest BCUT2D eigenvalue weighted by atomic mass is 9.95. The molecule has 0 aromatic heterocycles. The van der Waals surface area contributed by atoms with Gasteiger partial charge in [0, 0.05) is 23.9 Å². The Morgan fingerprint density at radius 1 is 1.26 bits per heavy atom. The first-order chi connectivity index (χ1) is 8.64. The van der Waals surface area contributed by atoms with Gasteiger partial charge in [0.1, 0.15) is 0 Å². The highest BCUT2D eigenvalue weighted by atomic mass is 16.4. The van der Waals surface area contributed by atoms with E-state index in [0.29, 0.717) is 6.42 Å². The molecule has 0 heterocycles. The first kappa shape index (κ1) is 17.9. The van der Waals surface area contributed by atoms with E-state index in [9.17, 15) is 9.59 Å². The van der Waals surface area contributed by atoms with Crippen molar-refractivity contribution >= 4 is 11.9 Å². The molecule has 2 unspecified atom stereocenters. The predicted molar refractivity (Wildman–Crippen MR) is 75.8 cm³/mol. The average Bonchev–Trinajstić information content (AvgIpc) is 2.25. The van der Waals surface area contributed by atoms with Crippen LogP contribution in [0, 0.1) is 5.92 Å². The molecule has 5 nitrogen and oxygen atoms in total. The van der Waals surface area contributed by atoms with Crippen LogP contribution in [0.4, 0.5) is 0 Å². The Labute approximate surface area is 115 Å². The number of hydrogen-bond acceptors (Lipinski definition) is 3. The molecule has 0 aliphatic carbocycles. The summed E-state index contributed by atoms with van der Waals surface area (Å²) in [5, 5.41) is 11.6. The third kappa shape index (κ3) is 9.47. The first-order valence-corrected chi connectivity index (χ1v) is 6.93. The van der Waals surface area contributed by atoms with E-state index in [1.165, 1.54) is 0 Å². The molecule has 0 saturated carbocycles. The largest absolute Gasteiger partial charge is 0.481 e. The summed E-state index contributed by atoms with van der Waals surface area (Å²) in [6.07, 6.45) is 3.15. The Morgan fingerprint density at radius 2 is 1.84 bits per heavy atom. The molecule has 0 spiro atoms. The summed E-state index contributed by atoms with van der Waals surface area (Å²) in [5.74, 6) is -0.921. The quantitative estimate of drug-likeness (QED) is 0.597. The molecule has 1 amide bonds. The molecule has 5 heteroatoms. The molecule has 0 aromatic rings. The van der Waals surface area contributed by atoms with Crippen LogP contribution in [0.3, 0.4) is 0 Å². The summed E-state index contributed by atoms with van der Waals surface area (Å²) in [6, 6.07) is 0.169. The van der Waals surface area contributed by atoms with E-state index in [0.717, 1.165) is 19.3 Å². The van der Waals surface area contributed by atoms with Crippen LogP contribution in [-0.4, -0.2) is 28.6 Å². The van der Waals surface area contributed by atoms with Gasteiger partial charge in [-0.1, -0.05) is 13.3 Å². The summed E-state index contributed by atoms with van der Waals surface area (Å²) in [5.41, 5.74) is 5.19. The monoisotopic (exact) mass is 272 g/mol.